The molecule has 2 heterocycles. The van der Waals surface area contributed by atoms with Gasteiger partial charge in [-0.3, -0.25) is 0 Å². The predicted octanol–water partition coefficient (Wildman–Crippen LogP) is 0.784. The third-order valence-corrected chi connectivity index (χ3v) is 5.08. The predicted molar refractivity (Wildman–Crippen MR) is 117 cm³/mol. The number of nitrogens with zero attached hydrogens (tertiary/aromatic N) is 2. The Morgan fingerprint density at radius 3 is 1.97 bits per heavy atom. The number of rotatable bonds is 2. The molecular weight excluding hydrogens is 420 g/mol. The largest absolute Gasteiger partial charge is 0.465 e. The molecule has 0 aromatic rings. The van der Waals surface area contributed by atoms with Gasteiger partial charge in [0, 0.05) is 39.0 Å². The van der Waals surface area contributed by atoms with Crippen LogP contribution in [0.1, 0.15) is 46.5 Å². The zero-order valence-electron chi connectivity index (χ0n) is 19.1. The topological polar surface area (TPSA) is 151 Å². The molecule has 0 radical (unpaired) electrons. The van der Waals surface area contributed by atoms with E-state index in [2.05, 4.69) is 11.8 Å². The number of carbonyl (C=O) groups is 2. The molecular formula is C22H36N2O8. The second kappa shape index (κ2) is 12.1. The summed E-state index contributed by atoms with van der Waals surface area (Å²) in [5.74, 6) is 5.09. The van der Waals surface area contributed by atoms with Crippen LogP contribution in [0.4, 0.5) is 9.59 Å². The quantitative estimate of drug-likeness (QED) is 0.302. The van der Waals surface area contributed by atoms with Crippen molar-refractivity contribution in [1.82, 2.24) is 9.80 Å². The molecule has 2 aliphatic heterocycles. The van der Waals surface area contributed by atoms with E-state index < -0.39 is 22.9 Å². The average molecular weight is 457 g/mol. The number of hydrogen-bond donors (Lipinski definition) is 5. The summed E-state index contributed by atoms with van der Waals surface area (Å²) in [7, 11) is 0. The van der Waals surface area contributed by atoms with Crippen LogP contribution in [0.3, 0.4) is 0 Å². The van der Waals surface area contributed by atoms with Crippen molar-refractivity contribution in [2.45, 2.75) is 63.3 Å². The fourth-order valence-corrected chi connectivity index (χ4v) is 3.24. The van der Waals surface area contributed by atoms with E-state index in [0.29, 0.717) is 51.9 Å². The van der Waals surface area contributed by atoms with Crippen molar-refractivity contribution in [2.24, 2.45) is 0 Å². The maximum absolute atomic E-state index is 11.8. The Kier molecular flexibility index (Phi) is 10.4. The van der Waals surface area contributed by atoms with Gasteiger partial charge >= 0.3 is 12.2 Å². The molecule has 2 rings (SSSR count). The molecule has 2 saturated heterocycles. The van der Waals surface area contributed by atoms with Crippen LogP contribution in [0.25, 0.3) is 0 Å². The summed E-state index contributed by atoms with van der Waals surface area (Å²) >= 11 is 0. The van der Waals surface area contributed by atoms with Gasteiger partial charge in [-0.25, -0.2) is 9.59 Å². The summed E-state index contributed by atoms with van der Waals surface area (Å²) in [5.41, 5.74) is -2.56. The van der Waals surface area contributed by atoms with E-state index in [4.69, 9.17) is 20.1 Å². The molecule has 0 spiro atoms. The van der Waals surface area contributed by atoms with E-state index >= 15 is 0 Å². The summed E-state index contributed by atoms with van der Waals surface area (Å²) in [5, 5.41) is 45.8. The third kappa shape index (κ3) is 9.87. The molecule has 5 N–H and O–H groups in total. The Hall–Kier alpha value is -2.32. The van der Waals surface area contributed by atoms with Gasteiger partial charge in [0.1, 0.15) is 17.8 Å². The van der Waals surface area contributed by atoms with Crippen molar-refractivity contribution in [2.75, 3.05) is 39.4 Å². The van der Waals surface area contributed by atoms with Crippen molar-refractivity contribution < 1.29 is 39.9 Å². The van der Waals surface area contributed by atoms with Gasteiger partial charge in [-0.15, -0.1) is 0 Å². The number of ether oxygens (including phenoxy) is 1. The fraction of sp³-hybridized carbons (Fsp3) is 0.727. The molecule has 0 aliphatic carbocycles. The van der Waals surface area contributed by atoms with Crippen LogP contribution in [0.15, 0.2) is 12.2 Å². The standard InChI is InChI=1S/C13H21NO4.C9H15NO4/c1-12(2,3)18-11(16)14-8-6-13(17,7-9-14)5-4-10-15;11-7-1-2-9(14)3-5-10(6-4-9)8(12)13/h15,17H,6-10H2,1-3H3;1-2,11,14H,3-7H2,(H,12,13). The summed E-state index contributed by atoms with van der Waals surface area (Å²) in [6.07, 6.45) is 3.24. The van der Waals surface area contributed by atoms with Gasteiger partial charge in [-0.1, -0.05) is 24.0 Å². The van der Waals surface area contributed by atoms with Crippen LogP contribution in [0.5, 0.6) is 0 Å². The molecule has 10 heteroatoms. The summed E-state index contributed by atoms with van der Waals surface area (Å²) < 4.78 is 5.26. The second-order valence-corrected chi connectivity index (χ2v) is 8.92. The molecule has 0 bridgehead atoms. The van der Waals surface area contributed by atoms with Crippen molar-refractivity contribution in [3.05, 3.63) is 12.2 Å². The molecule has 0 aromatic carbocycles. The Balaban J connectivity index is 0.000000330. The smallest absolute Gasteiger partial charge is 0.410 e. The van der Waals surface area contributed by atoms with E-state index in [-0.39, 0.29) is 19.3 Å². The van der Waals surface area contributed by atoms with E-state index in [1.54, 1.807) is 11.0 Å². The lowest BCUT2D eigenvalue weighted by atomic mass is 9.91. The summed E-state index contributed by atoms with van der Waals surface area (Å²) in [6.45, 7) is 6.57. The van der Waals surface area contributed by atoms with Gasteiger partial charge in [-0.2, -0.15) is 0 Å². The Morgan fingerprint density at radius 1 is 1.00 bits per heavy atom. The fourth-order valence-electron chi connectivity index (χ4n) is 3.24. The van der Waals surface area contributed by atoms with Crippen molar-refractivity contribution >= 4 is 12.2 Å². The third-order valence-electron chi connectivity index (χ3n) is 5.08. The van der Waals surface area contributed by atoms with Crippen molar-refractivity contribution in [3.63, 3.8) is 0 Å². The maximum atomic E-state index is 11.8. The first-order valence-corrected chi connectivity index (χ1v) is 10.6. The first kappa shape index (κ1) is 27.7. The zero-order chi connectivity index (χ0) is 24.4. The van der Waals surface area contributed by atoms with Gasteiger partial charge in [0.25, 0.3) is 0 Å². The van der Waals surface area contributed by atoms with Crippen LogP contribution < -0.4 is 0 Å². The average Bonchev–Trinajstić information content (AvgIpc) is 2.71. The highest BCUT2D eigenvalue weighted by molar-refractivity contribution is 5.68. The molecule has 2 aliphatic rings. The van der Waals surface area contributed by atoms with E-state index in [1.807, 2.05) is 20.8 Å². The highest BCUT2D eigenvalue weighted by Crippen LogP contribution is 2.24. The van der Waals surface area contributed by atoms with E-state index in [0.717, 1.165) is 0 Å². The zero-order valence-corrected chi connectivity index (χ0v) is 19.1. The highest BCUT2D eigenvalue weighted by Gasteiger charge is 2.34. The molecule has 32 heavy (non-hydrogen) atoms. The minimum Gasteiger partial charge on any atom is -0.465 e. The van der Waals surface area contributed by atoms with Crippen LogP contribution in [-0.4, -0.2) is 104 Å². The first-order chi connectivity index (χ1) is 14.8. The van der Waals surface area contributed by atoms with Crippen molar-refractivity contribution in [3.8, 4) is 11.8 Å². The number of amides is 2. The normalized spacial score (nSPS) is 20.0. The van der Waals surface area contributed by atoms with Gasteiger partial charge in [-0.05, 0) is 33.6 Å². The molecule has 0 saturated carbocycles. The molecule has 0 atom stereocenters. The maximum Gasteiger partial charge on any atom is 0.410 e. The van der Waals surface area contributed by atoms with E-state index in [1.165, 1.54) is 11.0 Å². The molecule has 2 amide bonds. The molecule has 10 nitrogen and oxygen atoms in total. The number of hydrogen-bond acceptors (Lipinski definition) is 7. The number of piperidine rings is 2. The number of aliphatic hydroxyl groups excluding tert-OH is 2. The minimum atomic E-state index is -1.10. The monoisotopic (exact) mass is 456 g/mol. The van der Waals surface area contributed by atoms with Crippen LogP contribution in [-0.2, 0) is 4.74 Å². The van der Waals surface area contributed by atoms with Crippen molar-refractivity contribution in [1.29, 1.82) is 0 Å². The first-order valence-electron chi connectivity index (χ1n) is 10.6. The summed E-state index contributed by atoms with van der Waals surface area (Å²) in [6, 6.07) is 0. The Labute approximate surface area is 189 Å². The second-order valence-electron chi connectivity index (χ2n) is 8.92. The number of aliphatic hydroxyl groups is 4. The Morgan fingerprint density at radius 2 is 1.53 bits per heavy atom. The van der Waals surface area contributed by atoms with E-state index in [9.17, 15) is 19.8 Å². The Bertz CT molecular complexity index is 704. The van der Waals surface area contributed by atoms with Crippen LogP contribution >= 0.6 is 0 Å². The summed E-state index contributed by atoms with van der Waals surface area (Å²) in [4.78, 5) is 25.2. The SMILES string of the molecule is CC(C)(C)OC(=O)N1CCC(O)(C#CCO)CC1.O=C(O)N1CCC(O)(C=CCO)CC1. The lowest BCUT2D eigenvalue weighted by Gasteiger charge is -2.35. The number of carboxylic acid groups (broad SMARTS) is 1. The molecule has 0 unspecified atom stereocenters. The van der Waals surface area contributed by atoms with Gasteiger partial charge in [0.15, 0.2) is 0 Å². The van der Waals surface area contributed by atoms with Gasteiger partial charge in [0.05, 0.1) is 12.2 Å². The molecule has 182 valence electrons. The molecule has 2 fully saturated rings. The highest BCUT2D eigenvalue weighted by atomic mass is 16.6. The number of likely N-dealkylation sites (tertiary alicyclic amines) is 2. The van der Waals surface area contributed by atoms with Crippen LogP contribution in [0, 0.1) is 11.8 Å². The lowest BCUT2D eigenvalue weighted by molar-refractivity contribution is -0.00525. The minimum absolute atomic E-state index is 0.106. The van der Waals surface area contributed by atoms with Gasteiger partial charge < -0.3 is 40.1 Å². The lowest BCUT2D eigenvalue weighted by Crippen LogP contribution is -2.47. The number of carbonyl (C=O) groups excluding carboxylic acids is 1. The van der Waals surface area contributed by atoms with Crippen LogP contribution in [0.2, 0.25) is 0 Å². The molecule has 0 aromatic heterocycles. The van der Waals surface area contributed by atoms with Gasteiger partial charge in [0.2, 0.25) is 0 Å².